The highest BCUT2D eigenvalue weighted by Gasteiger charge is 2.17. The minimum atomic E-state index is -0.816. The summed E-state index contributed by atoms with van der Waals surface area (Å²) in [5.41, 5.74) is 4.22. The zero-order valence-corrected chi connectivity index (χ0v) is 23.3. The minimum Gasteiger partial charge on any atom is -0.497 e. The molecule has 1 atom stereocenters. The van der Waals surface area contributed by atoms with Gasteiger partial charge in [0.1, 0.15) is 18.4 Å². The number of rotatable bonds is 10. The monoisotopic (exact) mass is 607 g/mol. The summed E-state index contributed by atoms with van der Waals surface area (Å²) in [5, 5.41) is 7.65. The molecule has 0 heterocycles. The first-order valence-electron chi connectivity index (χ1n) is 10.9. The summed E-state index contributed by atoms with van der Waals surface area (Å²) in [5.74, 6) is 0.685. The third-order valence-electron chi connectivity index (χ3n) is 5.12. The summed E-state index contributed by atoms with van der Waals surface area (Å²) in [7, 11) is 3.05. The number of nitrogens with zero attached hydrogens (tertiary/aromatic N) is 1. The molecule has 194 valence electrons. The number of carbonyl (C=O) groups is 2. The van der Waals surface area contributed by atoms with Crippen LogP contribution in [0.2, 0.25) is 10.0 Å². The summed E-state index contributed by atoms with van der Waals surface area (Å²) in [6.45, 7) is 1.76. The maximum Gasteiger partial charge on any atom is 0.262 e. The van der Waals surface area contributed by atoms with Gasteiger partial charge in [-0.15, -0.1) is 0 Å². The largest absolute Gasteiger partial charge is 0.497 e. The second kappa shape index (κ2) is 13.3. The lowest BCUT2D eigenvalue weighted by Gasteiger charge is -2.14. The molecule has 0 saturated carbocycles. The number of amides is 2. The van der Waals surface area contributed by atoms with Gasteiger partial charge in [0.2, 0.25) is 0 Å². The van der Waals surface area contributed by atoms with Gasteiger partial charge in [0.15, 0.2) is 11.5 Å². The van der Waals surface area contributed by atoms with Crippen LogP contribution in [0.1, 0.15) is 28.4 Å². The summed E-state index contributed by atoms with van der Waals surface area (Å²) in [6, 6.07) is 14.4. The van der Waals surface area contributed by atoms with Crippen LogP contribution in [0.15, 0.2) is 64.2 Å². The first-order valence-corrected chi connectivity index (χ1v) is 12.5. The number of hydrazone groups is 1. The highest BCUT2D eigenvalue weighted by atomic mass is 79.9. The van der Waals surface area contributed by atoms with Crippen LogP contribution < -0.4 is 25.0 Å². The molecule has 0 spiro atoms. The van der Waals surface area contributed by atoms with Gasteiger partial charge >= 0.3 is 0 Å². The van der Waals surface area contributed by atoms with Crippen LogP contribution in [-0.4, -0.2) is 38.3 Å². The van der Waals surface area contributed by atoms with Gasteiger partial charge in [-0.2, -0.15) is 5.10 Å². The summed E-state index contributed by atoms with van der Waals surface area (Å²) in [6.07, 6.45) is 1.45. The Hall–Kier alpha value is -3.27. The Labute approximate surface area is 233 Å². The Balaban J connectivity index is 1.59. The molecule has 0 aromatic heterocycles. The molecule has 37 heavy (non-hydrogen) atoms. The van der Waals surface area contributed by atoms with Crippen LogP contribution in [0.3, 0.4) is 0 Å². The number of methoxy groups -OCH3 is 2. The van der Waals surface area contributed by atoms with E-state index in [4.69, 9.17) is 37.4 Å². The van der Waals surface area contributed by atoms with Crippen LogP contribution in [0, 0.1) is 0 Å². The quantitative estimate of drug-likeness (QED) is 0.230. The minimum absolute atomic E-state index is 0.203. The lowest BCUT2D eigenvalue weighted by molar-refractivity contribution is -0.122. The van der Waals surface area contributed by atoms with Gasteiger partial charge in [-0.3, -0.25) is 9.59 Å². The molecule has 2 N–H and O–H groups in total. The maximum atomic E-state index is 12.4. The standard InChI is InChI=1S/C26H24BrCl2N3O5/c1-15(31-26(34)17-5-8-20(35-2)9-6-17)25(33)32-30-13-16-10-21(27)24(23(11-16)36-3)37-14-18-4-7-19(28)12-22(18)29/h4-13,15H,14H2,1-3H3,(H,31,34)(H,32,33). The predicted molar refractivity (Wildman–Crippen MR) is 147 cm³/mol. The molecule has 0 aliphatic rings. The number of ether oxygens (including phenoxy) is 3. The molecular formula is C26H24BrCl2N3O5. The van der Waals surface area contributed by atoms with Crippen LogP contribution >= 0.6 is 39.1 Å². The van der Waals surface area contributed by atoms with Crippen LogP contribution in [0.25, 0.3) is 0 Å². The zero-order chi connectivity index (χ0) is 26.9. The molecular weight excluding hydrogens is 585 g/mol. The molecule has 0 aliphatic heterocycles. The van der Waals surface area contributed by atoms with E-state index in [0.717, 1.165) is 5.56 Å². The van der Waals surface area contributed by atoms with Gasteiger partial charge in [0.05, 0.1) is 24.9 Å². The second-order valence-electron chi connectivity index (χ2n) is 7.72. The number of carbonyl (C=O) groups excluding carboxylic acids is 2. The molecule has 0 aliphatic carbocycles. The average molecular weight is 609 g/mol. The van der Waals surface area contributed by atoms with E-state index in [2.05, 4.69) is 31.8 Å². The molecule has 3 aromatic carbocycles. The van der Waals surface area contributed by atoms with E-state index in [0.29, 0.717) is 42.9 Å². The highest BCUT2D eigenvalue weighted by Crippen LogP contribution is 2.37. The summed E-state index contributed by atoms with van der Waals surface area (Å²) >= 11 is 15.6. The van der Waals surface area contributed by atoms with Gasteiger partial charge in [0, 0.05) is 21.2 Å². The molecule has 0 fully saturated rings. The Morgan fingerprint density at radius 3 is 2.43 bits per heavy atom. The van der Waals surface area contributed by atoms with Gasteiger partial charge in [-0.25, -0.2) is 5.43 Å². The fraction of sp³-hybridized carbons (Fsp3) is 0.192. The van der Waals surface area contributed by atoms with Gasteiger partial charge in [-0.05, 0) is 76.9 Å². The first kappa shape index (κ1) is 28.3. The Bertz CT molecular complexity index is 1300. The fourth-order valence-electron chi connectivity index (χ4n) is 3.10. The van der Waals surface area contributed by atoms with Crippen LogP contribution in [0.5, 0.6) is 17.2 Å². The van der Waals surface area contributed by atoms with Gasteiger partial charge < -0.3 is 19.5 Å². The Morgan fingerprint density at radius 1 is 1.05 bits per heavy atom. The van der Waals surface area contributed by atoms with Crippen molar-refractivity contribution in [2.75, 3.05) is 14.2 Å². The molecule has 11 heteroatoms. The Morgan fingerprint density at radius 2 is 1.78 bits per heavy atom. The third kappa shape index (κ3) is 7.85. The number of halogens is 3. The third-order valence-corrected chi connectivity index (χ3v) is 6.30. The molecule has 3 rings (SSSR count). The average Bonchev–Trinajstić information content (AvgIpc) is 2.88. The summed E-state index contributed by atoms with van der Waals surface area (Å²) in [4.78, 5) is 24.7. The molecule has 0 bridgehead atoms. The topological polar surface area (TPSA) is 98.2 Å². The molecule has 2 amide bonds. The van der Waals surface area contributed by atoms with Crippen molar-refractivity contribution in [1.82, 2.24) is 10.7 Å². The predicted octanol–water partition coefficient (Wildman–Crippen LogP) is 5.62. The van der Waals surface area contributed by atoms with Crippen molar-refractivity contribution in [3.05, 3.63) is 85.8 Å². The van der Waals surface area contributed by atoms with E-state index in [1.54, 1.807) is 61.5 Å². The first-order chi connectivity index (χ1) is 17.7. The van der Waals surface area contributed by atoms with Crippen molar-refractivity contribution < 1.29 is 23.8 Å². The van der Waals surface area contributed by atoms with Crippen molar-refractivity contribution in [1.29, 1.82) is 0 Å². The molecule has 0 radical (unpaired) electrons. The van der Waals surface area contributed by atoms with E-state index in [9.17, 15) is 9.59 Å². The fourth-order valence-corrected chi connectivity index (χ4v) is 4.14. The van der Waals surface area contributed by atoms with Crippen molar-refractivity contribution >= 4 is 57.2 Å². The van der Waals surface area contributed by atoms with E-state index in [1.165, 1.54) is 20.4 Å². The van der Waals surface area contributed by atoms with E-state index in [1.807, 2.05) is 0 Å². The van der Waals surface area contributed by atoms with Crippen molar-refractivity contribution in [2.45, 2.75) is 19.6 Å². The SMILES string of the molecule is COc1ccc(C(=O)NC(C)C(=O)NN=Cc2cc(Br)c(OCc3ccc(Cl)cc3Cl)c(OC)c2)cc1. The van der Waals surface area contributed by atoms with E-state index in [-0.39, 0.29) is 6.61 Å². The van der Waals surface area contributed by atoms with Gasteiger partial charge in [-0.1, -0.05) is 29.3 Å². The zero-order valence-electron chi connectivity index (χ0n) is 20.2. The normalized spacial score (nSPS) is 11.6. The second-order valence-corrected chi connectivity index (χ2v) is 9.41. The molecule has 1 unspecified atom stereocenters. The number of benzene rings is 3. The molecule has 8 nitrogen and oxygen atoms in total. The lowest BCUT2D eigenvalue weighted by Crippen LogP contribution is -2.43. The van der Waals surface area contributed by atoms with Crippen molar-refractivity contribution in [3.63, 3.8) is 0 Å². The Kier molecular flexibility index (Phi) is 10.2. The van der Waals surface area contributed by atoms with Crippen molar-refractivity contribution in [3.8, 4) is 17.2 Å². The number of hydrogen-bond donors (Lipinski definition) is 2. The lowest BCUT2D eigenvalue weighted by atomic mass is 10.2. The summed E-state index contributed by atoms with van der Waals surface area (Å²) < 4.78 is 17.1. The maximum absolute atomic E-state index is 12.4. The van der Waals surface area contributed by atoms with E-state index < -0.39 is 17.9 Å². The molecule has 0 saturated heterocycles. The highest BCUT2D eigenvalue weighted by molar-refractivity contribution is 9.10. The smallest absolute Gasteiger partial charge is 0.262 e. The van der Waals surface area contributed by atoms with Crippen LogP contribution in [-0.2, 0) is 11.4 Å². The van der Waals surface area contributed by atoms with Gasteiger partial charge in [0.25, 0.3) is 11.8 Å². The molecule has 3 aromatic rings. The van der Waals surface area contributed by atoms with Crippen LogP contribution in [0.4, 0.5) is 0 Å². The number of hydrogen-bond acceptors (Lipinski definition) is 6. The number of nitrogens with one attached hydrogen (secondary N) is 2. The van der Waals surface area contributed by atoms with Crippen molar-refractivity contribution in [2.24, 2.45) is 5.10 Å². The van der Waals surface area contributed by atoms with E-state index >= 15 is 0 Å².